The SMILES string of the molecule is O=Cc1ccc(/C=C2/CNc3ccccc32)o1. The lowest BCUT2D eigenvalue weighted by atomic mass is 10.1. The minimum absolute atomic E-state index is 0.357. The van der Waals surface area contributed by atoms with Crippen LogP contribution in [0.4, 0.5) is 5.69 Å². The summed E-state index contributed by atoms with van der Waals surface area (Å²) in [4.78, 5) is 10.5. The maximum absolute atomic E-state index is 10.5. The van der Waals surface area contributed by atoms with E-state index >= 15 is 0 Å². The van der Waals surface area contributed by atoms with Crippen LogP contribution in [0, 0.1) is 0 Å². The number of para-hydroxylation sites is 1. The highest BCUT2D eigenvalue weighted by atomic mass is 16.3. The Labute approximate surface area is 98.8 Å². The number of carbonyl (C=O) groups excluding carboxylic acids is 1. The highest BCUT2D eigenvalue weighted by Crippen LogP contribution is 2.31. The Kier molecular flexibility index (Phi) is 2.29. The van der Waals surface area contributed by atoms with Gasteiger partial charge in [0.2, 0.25) is 0 Å². The van der Waals surface area contributed by atoms with E-state index in [1.165, 1.54) is 11.1 Å². The average molecular weight is 225 g/mol. The summed E-state index contributed by atoms with van der Waals surface area (Å²) in [6.07, 6.45) is 2.68. The zero-order valence-corrected chi connectivity index (χ0v) is 9.14. The Morgan fingerprint density at radius 3 is 2.76 bits per heavy atom. The van der Waals surface area contributed by atoms with Crippen LogP contribution in [-0.4, -0.2) is 12.8 Å². The summed E-state index contributed by atoms with van der Waals surface area (Å²) in [6.45, 7) is 0.788. The number of hydrogen-bond donors (Lipinski definition) is 1. The summed E-state index contributed by atoms with van der Waals surface area (Å²) >= 11 is 0. The van der Waals surface area contributed by atoms with Crippen LogP contribution in [0.25, 0.3) is 11.6 Å². The van der Waals surface area contributed by atoms with Crippen LogP contribution in [0.3, 0.4) is 0 Å². The first-order valence-corrected chi connectivity index (χ1v) is 5.46. The van der Waals surface area contributed by atoms with Crippen LogP contribution in [0.5, 0.6) is 0 Å². The van der Waals surface area contributed by atoms with Gasteiger partial charge >= 0.3 is 0 Å². The van der Waals surface area contributed by atoms with E-state index in [1.54, 1.807) is 12.1 Å². The van der Waals surface area contributed by atoms with Crippen molar-refractivity contribution < 1.29 is 9.21 Å². The second-order valence-corrected chi connectivity index (χ2v) is 3.93. The molecule has 1 aromatic heterocycles. The zero-order valence-electron chi connectivity index (χ0n) is 9.14. The van der Waals surface area contributed by atoms with Crippen LogP contribution in [-0.2, 0) is 0 Å². The lowest BCUT2D eigenvalue weighted by Crippen LogP contribution is -1.90. The number of furan rings is 1. The van der Waals surface area contributed by atoms with Crippen LogP contribution in [0.1, 0.15) is 21.9 Å². The Balaban J connectivity index is 1.98. The number of anilines is 1. The van der Waals surface area contributed by atoms with Gasteiger partial charge in [0.15, 0.2) is 12.0 Å². The lowest BCUT2D eigenvalue weighted by molar-refractivity contribution is 0.110. The molecule has 1 aliphatic rings. The molecule has 1 aromatic carbocycles. The Morgan fingerprint density at radius 2 is 1.94 bits per heavy atom. The summed E-state index contributed by atoms with van der Waals surface area (Å²) in [7, 11) is 0. The molecule has 0 atom stereocenters. The first kappa shape index (κ1) is 9.90. The van der Waals surface area contributed by atoms with Crippen LogP contribution >= 0.6 is 0 Å². The lowest BCUT2D eigenvalue weighted by Gasteiger charge is -1.97. The van der Waals surface area contributed by atoms with Crippen molar-refractivity contribution in [1.29, 1.82) is 0 Å². The fraction of sp³-hybridized carbons (Fsp3) is 0.0714. The van der Waals surface area contributed by atoms with Crippen LogP contribution < -0.4 is 5.32 Å². The molecule has 2 heterocycles. The van der Waals surface area contributed by atoms with E-state index < -0.39 is 0 Å². The quantitative estimate of drug-likeness (QED) is 0.799. The van der Waals surface area contributed by atoms with Gasteiger partial charge in [-0.3, -0.25) is 4.79 Å². The van der Waals surface area contributed by atoms with Gasteiger partial charge in [0.25, 0.3) is 0 Å². The Morgan fingerprint density at radius 1 is 1.12 bits per heavy atom. The van der Waals surface area contributed by atoms with E-state index in [4.69, 9.17) is 4.42 Å². The van der Waals surface area contributed by atoms with Crippen molar-refractivity contribution in [3.8, 4) is 0 Å². The van der Waals surface area contributed by atoms with Crippen molar-refractivity contribution in [2.24, 2.45) is 0 Å². The Hall–Kier alpha value is -2.29. The van der Waals surface area contributed by atoms with Crippen molar-refractivity contribution in [2.45, 2.75) is 0 Å². The van der Waals surface area contributed by atoms with Crippen molar-refractivity contribution in [3.63, 3.8) is 0 Å². The first-order chi connectivity index (χ1) is 8.36. The van der Waals surface area contributed by atoms with Crippen molar-refractivity contribution in [3.05, 3.63) is 53.5 Å². The molecule has 0 aliphatic carbocycles. The van der Waals surface area contributed by atoms with Crippen molar-refractivity contribution in [2.75, 3.05) is 11.9 Å². The van der Waals surface area contributed by atoms with E-state index in [1.807, 2.05) is 18.2 Å². The molecule has 17 heavy (non-hydrogen) atoms. The molecule has 0 saturated carbocycles. The zero-order chi connectivity index (χ0) is 11.7. The van der Waals surface area contributed by atoms with Crippen molar-refractivity contribution in [1.82, 2.24) is 0 Å². The molecule has 3 heteroatoms. The molecule has 0 unspecified atom stereocenters. The maximum atomic E-state index is 10.5. The van der Waals surface area contributed by atoms with Gasteiger partial charge in [-0.1, -0.05) is 18.2 Å². The molecule has 0 amide bonds. The fourth-order valence-electron chi connectivity index (χ4n) is 2.01. The van der Waals surface area contributed by atoms with Gasteiger partial charge in [0.1, 0.15) is 5.76 Å². The monoisotopic (exact) mass is 225 g/mol. The van der Waals surface area contributed by atoms with Gasteiger partial charge in [0.05, 0.1) is 0 Å². The third-order valence-electron chi connectivity index (χ3n) is 2.82. The van der Waals surface area contributed by atoms with E-state index in [0.717, 1.165) is 12.2 Å². The molecule has 84 valence electrons. The number of benzene rings is 1. The molecular weight excluding hydrogens is 214 g/mol. The third kappa shape index (κ3) is 1.76. The molecule has 0 radical (unpaired) electrons. The molecule has 2 aromatic rings. The van der Waals surface area contributed by atoms with Gasteiger partial charge in [-0.2, -0.15) is 0 Å². The molecule has 0 fully saturated rings. The summed E-state index contributed by atoms with van der Waals surface area (Å²) in [6, 6.07) is 11.6. The normalized spacial score (nSPS) is 15.6. The largest absolute Gasteiger partial charge is 0.454 e. The minimum atomic E-state index is 0.357. The number of rotatable bonds is 2. The smallest absolute Gasteiger partial charge is 0.185 e. The second-order valence-electron chi connectivity index (χ2n) is 3.93. The van der Waals surface area contributed by atoms with Crippen LogP contribution in [0.15, 0.2) is 40.8 Å². The Bertz CT molecular complexity index is 596. The minimum Gasteiger partial charge on any atom is -0.454 e. The van der Waals surface area contributed by atoms with E-state index in [0.29, 0.717) is 17.8 Å². The number of hydrogen-bond acceptors (Lipinski definition) is 3. The third-order valence-corrected chi connectivity index (χ3v) is 2.82. The number of aldehydes is 1. The summed E-state index contributed by atoms with van der Waals surface area (Å²) in [5.41, 5.74) is 3.50. The van der Waals surface area contributed by atoms with Gasteiger partial charge in [-0.25, -0.2) is 0 Å². The molecule has 3 nitrogen and oxygen atoms in total. The average Bonchev–Trinajstić information content (AvgIpc) is 2.97. The molecule has 3 rings (SSSR count). The fourth-order valence-corrected chi connectivity index (χ4v) is 2.01. The topological polar surface area (TPSA) is 42.2 Å². The maximum Gasteiger partial charge on any atom is 0.185 e. The molecular formula is C14H11NO2. The van der Waals surface area contributed by atoms with E-state index in [2.05, 4.69) is 17.4 Å². The van der Waals surface area contributed by atoms with E-state index in [9.17, 15) is 4.79 Å². The van der Waals surface area contributed by atoms with Gasteiger partial charge in [-0.15, -0.1) is 0 Å². The number of carbonyl (C=O) groups is 1. The molecule has 0 bridgehead atoms. The summed E-state index contributed by atoms with van der Waals surface area (Å²) in [5, 5.41) is 3.31. The number of fused-ring (bicyclic) bond motifs is 1. The summed E-state index contributed by atoms with van der Waals surface area (Å²) < 4.78 is 5.34. The van der Waals surface area contributed by atoms with Gasteiger partial charge < -0.3 is 9.73 Å². The van der Waals surface area contributed by atoms with E-state index in [-0.39, 0.29) is 0 Å². The van der Waals surface area contributed by atoms with Crippen molar-refractivity contribution >= 4 is 23.6 Å². The first-order valence-electron chi connectivity index (χ1n) is 5.46. The standard InChI is InChI=1S/C14H11NO2/c16-9-12-6-5-11(17-12)7-10-8-15-14-4-2-1-3-13(10)14/h1-7,9,15H,8H2/b10-7-. The van der Waals surface area contributed by atoms with Gasteiger partial charge in [-0.05, 0) is 29.8 Å². The molecule has 0 spiro atoms. The van der Waals surface area contributed by atoms with Crippen LogP contribution in [0.2, 0.25) is 0 Å². The number of nitrogens with one attached hydrogen (secondary N) is 1. The molecule has 0 saturated heterocycles. The second kappa shape index (κ2) is 3.94. The molecule has 1 N–H and O–H groups in total. The highest BCUT2D eigenvalue weighted by molar-refractivity contribution is 5.92. The predicted molar refractivity (Wildman–Crippen MR) is 66.9 cm³/mol. The highest BCUT2D eigenvalue weighted by Gasteiger charge is 2.14. The summed E-state index contributed by atoms with van der Waals surface area (Å²) in [5.74, 6) is 1.07. The van der Waals surface area contributed by atoms with Gasteiger partial charge in [0, 0.05) is 17.8 Å². The predicted octanol–water partition coefficient (Wildman–Crippen LogP) is 3.06. The molecule has 1 aliphatic heterocycles.